The van der Waals surface area contributed by atoms with Gasteiger partial charge in [0.1, 0.15) is 0 Å². The van der Waals surface area contributed by atoms with Gasteiger partial charge in [0.15, 0.2) is 0 Å². The highest BCUT2D eigenvalue weighted by molar-refractivity contribution is 7.03. The predicted octanol–water partition coefficient (Wildman–Crippen LogP) is 16.8. The van der Waals surface area contributed by atoms with E-state index < -0.39 is 0 Å². The Morgan fingerprint density at radius 1 is 0.333 bits per heavy atom. The molecule has 8 heteroatoms. The molecule has 0 spiro atoms. The summed E-state index contributed by atoms with van der Waals surface area (Å²) in [5, 5.41) is 1.31. The van der Waals surface area contributed by atoms with E-state index in [0.29, 0.717) is 5.92 Å². The molecule has 0 amide bonds. The van der Waals surface area contributed by atoms with E-state index in [1.165, 1.54) is 72.0 Å². The van der Waals surface area contributed by atoms with Crippen molar-refractivity contribution in [2.24, 2.45) is 0 Å². The highest BCUT2D eigenvalue weighted by Gasteiger charge is 2.49. The summed E-state index contributed by atoms with van der Waals surface area (Å²) in [4.78, 5) is 12.7. The molecule has 1 atom stereocenters. The summed E-state index contributed by atoms with van der Waals surface area (Å²) in [5.41, 5.74) is 29.6. The van der Waals surface area contributed by atoms with Gasteiger partial charge in [-0.2, -0.15) is 0 Å². The van der Waals surface area contributed by atoms with E-state index in [9.17, 15) is 0 Å². The summed E-state index contributed by atoms with van der Waals surface area (Å²) in [5.74, 6) is 0.380. The van der Waals surface area contributed by atoms with Gasteiger partial charge in [0, 0.05) is 90.7 Å². The Balaban J connectivity index is 0.967. The van der Waals surface area contributed by atoms with Gasteiger partial charge in [-0.1, -0.05) is 183 Å². The number of nitrogens with zero attached hydrogens (tertiary/aromatic N) is 6. The maximum absolute atomic E-state index is 2.64. The third-order valence-electron chi connectivity index (χ3n) is 18.9. The van der Waals surface area contributed by atoms with E-state index in [1.807, 2.05) is 0 Å². The lowest BCUT2D eigenvalue weighted by Crippen LogP contribution is -2.65. The van der Waals surface area contributed by atoms with Crippen molar-refractivity contribution in [3.05, 3.63) is 309 Å². The molecule has 87 heavy (non-hydrogen) atoms. The Labute approximate surface area is 508 Å². The molecule has 5 heterocycles. The van der Waals surface area contributed by atoms with Crippen LogP contribution in [-0.2, 0) is 0 Å². The van der Waals surface area contributed by atoms with Crippen LogP contribution in [-0.4, -0.2) is 18.0 Å². The second-order valence-electron chi connectivity index (χ2n) is 23.6. The van der Waals surface area contributed by atoms with Crippen LogP contribution < -0.4 is 57.3 Å². The summed E-state index contributed by atoms with van der Waals surface area (Å²) in [7, 11) is 0. The molecular weight excluding hydrogens is 1050 g/mol. The van der Waals surface area contributed by atoms with Crippen LogP contribution in [0, 0.1) is 0 Å². The third-order valence-corrected chi connectivity index (χ3v) is 18.9. The maximum atomic E-state index is 2.64. The molecule has 1 aliphatic carbocycles. The lowest BCUT2D eigenvalue weighted by atomic mass is 9.30. The fourth-order valence-electron chi connectivity index (χ4n) is 15.4. The van der Waals surface area contributed by atoms with Crippen LogP contribution in [0.4, 0.5) is 85.3 Å². The van der Waals surface area contributed by atoms with Crippen LogP contribution in [0.1, 0.15) is 30.5 Å². The fourth-order valence-corrected chi connectivity index (χ4v) is 15.4. The van der Waals surface area contributed by atoms with E-state index in [2.05, 4.69) is 339 Å². The number of allylic oxidation sites excluding steroid dienone is 1. The van der Waals surface area contributed by atoms with E-state index in [4.69, 9.17) is 0 Å². The van der Waals surface area contributed by atoms with Gasteiger partial charge < -0.3 is 29.1 Å². The quantitative estimate of drug-likeness (QED) is 0.141. The molecule has 0 bridgehead atoms. The first-order valence-corrected chi connectivity index (χ1v) is 30.5. The van der Waals surface area contributed by atoms with Crippen LogP contribution >= 0.6 is 0 Å². The SMILES string of the molecule is CC1CC=Cc2c1c1ccccc1n2-c1cc2c3c(c1)N(c1ccccc1)c1cc4c(cc1B3c1ccccc1N2c1ccccc1)B1c2ccccc2N(c2ccccc2)c2cc(N(c3ccccc3)c3ccccc3)cc(c21)N4c1ccccc1. The number of hydrogen-bond acceptors (Lipinski definition) is 5. The van der Waals surface area contributed by atoms with Crippen molar-refractivity contribution in [3.63, 3.8) is 0 Å². The van der Waals surface area contributed by atoms with Gasteiger partial charge in [-0.15, -0.1) is 0 Å². The van der Waals surface area contributed by atoms with Crippen molar-refractivity contribution in [2.75, 3.05) is 24.5 Å². The van der Waals surface area contributed by atoms with Gasteiger partial charge in [0.05, 0.1) is 16.9 Å². The van der Waals surface area contributed by atoms with Crippen LogP contribution in [0.5, 0.6) is 0 Å². The number of benzene rings is 12. The molecule has 1 aromatic heterocycles. The fraction of sp³-hybridized carbons (Fsp3) is 0.0380. The van der Waals surface area contributed by atoms with Gasteiger partial charge in [-0.25, -0.2) is 0 Å². The number of hydrogen-bond donors (Lipinski definition) is 0. The maximum Gasteiger partial charge on any atom is 0.252 e. The summed E-state index contributed by atoms with van der Waals surface area (Å²) in [6, 6.07) is 108. The van der Waals surface area contributed by atoms with Crippen LogP contribution in [0.25, 0.3) is 22.7 Å². The largest absolute Gasteiger partial charge is 0.311 e. The minimum Gasteiger partial charge on any atom is -0.311 e. The highest BCUT2D eigenvalue weighted by Crippen LogP contribution is 2.52. The molecular formula is C79H56B2N6. The summed E-state index contributed by atoms with van der Waals surface area (Å²) in [6.07, 6.45) is 5.76. The molecule has 0 radical (unpaired) electrons. The number of aromatic nitrogens is 1. The number of fused-ring (bicyclic) bond motifs is 11. The molecule has 0 saturated heterocycles. The molecule has 6 nitrogen and oxygen atoms in total. The van der Waals surface area contributed by atoms with Gasteiger partial charge in [0.25, 0.3) is 13.4 Å². The van der Waals surface area contributed by atoms with Crippen molar-refractivity contribution in [1.29, 1.82) is 0 Å². The van der Waals surface area contributed by atoms with Crippen molar-refractivity contribution in [3.8, 4) is 5.69 Å². The topological polar surface area (TPSA) is 21.1 Å². The van der Waals surface area contributed by atoms with E-state index in [0.717, 1.165) is 80.4 Å². The monoisotopic (exact) mass is 1110 g/mol. The Bertz CT molecular complexity index is 4860. The average molecular weight is 1110 g/mol. The normalized spacial score (nSPS) is 14.6. The number of rotatable bonds is 8. The second-order valence-corrected chi connectivity index (χ2v) is 23.6. The molecule has 0 N–H and O–H groups in total. The molecule has 408 valence electrons. The van der Waals surface area contributed by atoms with Crippen LogP contribution in [0.15, 0.2) is 297 Å². The van der Waals surface area contributed by atoms with Gasteiger partial charge in [-0.3, -0.25) is 0 Å². The molecule has 13 aromatic rings. The average Bonchev–Trinajstić information content (AvgIpc) is 1.02. The van der Waals surface area contributed by atoms with E-state index in [-0.39, 0.29) is 13.4 Å². The van der Waals surface area contributed by atoms with Crippen molar-refractivity contribution >= 4 is 148 Å². The lowest BCUT2D eigenvalue weighted by Gasteiger charge is -2.47. The van der Waals surface area contributed by atoms with Crippen molar-refractivity contribution in [1.82, 2.24) is 4.57 Å². The van der Waals surface area contributed by atoms with Crippen molar-refractivity contribution in [2.45, 2.75) is 19.3 Å². The standard InChI is InChI=1S/C79H56B2N6/c1-53-27-26-46-70-77(53)62-40-20-23-43-67(62)87(70)61-49-74-79-76(50-61)86(59-38-18-7-19-39-59)72-52-71-65(51-66(72)81(79)64-42-22-25-45-69(64)84(74)57-34-14-5-15-35-57)80-63-41-21-24-44-68(63)83(56-32-12-4-13-33-56)73-47-60(48-75(78(73)80)85(71)58-36-16-6-17-37-58)82(54-28-8-2-9-29-54)55-30-10-3-11-31-55/h2-26,28-53H,27H2,1H3. The Morgan fingerprint density at radius 3 is 1.20 bits per heavy atom. The zero-order chi connectivity index (χ0) is 57.3. The van der Waals surface area contributed by atoms with Crippen LogP contribution in [0.3, 0.4) is 0 Å². The second kappa shape index (κ2) is 19.6. The molecule has 0 saturated carbocycles. The summed E-state index contributed by atoms with van der Waals surface area (Å²) in [6.45, 7) is 2.11. The Morgan fingerprint density at radius 2 is 0.724 bits per heavy atom. The zero-order valence-corrected chi connectivity index (χ0v) is 48.0. The highest BCUT2D eigenvalue weighted by atomic mass is 15.2. The smallest absolute Gasteiger partial charge is 0.252 e. The third kappa shape index (κ3) is 7.44. The summed E-state index contributed by atoms with van der Waals surface area (Å²) >= 11 is 0. The number of anilines is 15. The minimum atomic E-state index is -0.140. The van der Waals surface area contributed by atoms with E-state index in [1.54, 1.807) is 0 Å². The lowest BCUT2D eigenvalue weighted by molar-refractivity contribution is 0.773. The first kappa shape index (κ1) is 49.5. The summed E-state index contributed by atoms with van der Waals surface area (Å²) < 4.78 is 2.55. The van der Waals surface area contributed by atoms with Crippen LogP contribution in [0.2, 0.25) is 0 Å². The minimum absolute atomic E-state index is 0.130. The predicted molar refractivity (Wildman–Crippen MR) is 368 cm³/mol. The van der Waals surface area contributed by atoms with Gasteiger partial charge in [-0.05, 0) is 178 Å². The zero-order valence-electron chi connectivity index (χ0n) is 48.0. The first-order chi connectivity index (χ1) is 43.1. The molecule has 12 aromatic carbocycles. The van der Waals surface area contributed by atoms with Crippen molar-refractivity contribution < 1.29 is 0 Å². The molecule has 5 aliphatic rings. The van der Waals surface area contributed by atoms with Gasteiger partial charge in [0.2, 0.25) is 0 Å². The Hall–Kier alpha value is -11.0. The van der Waals surface area contributed by atoms with Gasteiger partial charge >= 0.3 is 0 Å². The molecule has 18 rings (SSSR count). The molecule has 4 aliphatic heterocycles. The Kier molecular flexibility index (Phi) is 11.1. The number of para-hydroxylation sites is 9. The molecule has 0 fully saturated rings. The first-order valence-electron chi connectivity index (χ1n) is 30.5. The molecule has 1 unspecified atom stereocenters. The van der Waals surface area contributed by atoms with E-state index >= 15 is 0 Å².